The fourth-order valence-electron chi connectivity index (χ4n) is 1.18. The van der Waals surface area contributed by atoms with Gasteiger partial charge in [-0.3, -0.25) is 0 Å². The van der Waals surface area contributed by atoms with E-state index in [0.29, 0.717) is 0 Å². The molecule has 0 spiro atoms. The summed E-state index contributed by atoms with van der Waals surface area (Å²) < 4.78 is 51.8. The van der Waals surface area contributed by atoms with Crippen molar-refractivity contribution in [1.29, 1.82) is 0 Å². The average molecular weight is 221 g/mol. The number of benzene rings is 1. The molecule has 0 radical (unpaired) electrons. The van der Waals surface area contributed by atoms with Crippen molar-refractivity contribution in [2.75, 3.05) is 6.54 Å². The van der Waals surface area contributed by atoms with Crippen molar-refractivity contribution < 1.29 is 17.6 Å². The largest absolute Gasteiger partial charge is 0.328 e. The molecule has 84 valence electrons. The molecule has 0 saturated carbocycles. The highest BCUT2D eigenvalue weighted by Crippen LogP contribution is 2.27. The molecule has 1 nitrogen and oxygen atoms in total. The van der Waals surface area contributed by atoms with Crippen molar-refractivity contribution in [2.45, 2.75) is 18.5 Å². The Hall–Kier alpha value is -1.10. The molecule has 5 heteroatoms. The third-order valence-electron chi connectivity index (χ3n) is 2.02. The number of hydrogen-bond acceptors (Lipinski definition) is 1. The van der Waals surface area contributed by atoms with Gasteiger partial charge in [-0.25, -0.2) is 17.6 Å². The molecule has 0 amide bonds. The van der Waals surface area contributed by atoms with Crippen molar-refractivity contribution in [3.05, 3.63) is 35.6 Å². The molecule has 0 bridgehead atoms. The van der Waals surface area contributed by atoms with Gasteiger partial charge in [0.15, 0.2) is 12.3 Å². The SMILES string of the molecule is NCC(F)C(F)C(F)c1cccc(F)c1. The summed E-state index contributed by atoms with van der Waals surface area (Å²) in [6.45, 7) is -0.600. The Kier molecular flexibility index (Phi) is 4.08. The maximum absolute atomic E-state index is 13.3. The number of nitrogens with two attached hydrogens (primary N) is 1. The predicted octanol–water partition coefficient (Wildman–Crippen LogP) is 2.47. The van der Waals surface area contributed by atoms with E-state index in [1.165, 1.54) is 12.1 Å². The van der Waals surface area contributed by atoms with Gasteiger partial charge in [0.05, 0.1) is 0 Å². The van der Waals surface area contributed by atoms with Gasteiger partial charge >= 0.3 is 0 Å². The highest BCUT2D eigenvalue weighted by molar-refractivity contribution is 5.20. The van der Waals surface area contributed by atoms with Crippen LogP contribution in [0.1, 0.15) is 11.7 Å². The second kappa shape index (κ2) is 5.11. The molecule has 1 aromatic carbocycles. The Labute approximate surface area is 84.9 Å². The second-order valence-corrected chi connectivity index (χ2v) is 3.15. The Morgan fingerprint density at radius 1 is 1.20 bits per heavy atom. The highest BCUT2D eigenvalue weighted by atomic mass is 19.2. The third kappa shape index (κ3) is 2.92. The maximum Gasteiger partial charge on any atom is 0.168 e. The van der Waals surface area contributed by atoms with E-state index >= 15 is 0 Å². The molecular weight excluding hydrogens is 210 g/mol. The van der Waals surface area contributed by atoms with Crippen LogP contribution >= 0.6 is 0 Å². The first-order valence-corrected chi connectivity index (χ1v) is 4.44. The van der Waals surface area contributed by atoms with E-state index < -0.39 is 30.9 Å². The molecular formula is C10H11F4N. The van der Waals surface area contributed by atoms with Crippen LogP contribution in [0.2, 0.25) is 0 Å². The van der Waals surface area contributed by atoms with Crippen LogP contribution in [0.5, 0.6) is 0 Å². The molecule has 0 saturated heterocycles. The highest BCUT2D eigenvalue weighted by Gasteiger charge is 2.30. The molecule has 15 heavy (non-hydrogen) atoms. The van der Waals surface area contributed by atoms with E-state index in [9.17, 15) is 17.6 Å². The van der Waals surface area contributed by atoms with Crippen LogP contribution < -0.4 is 5.73 Å². The normalized spacial score (nSPS) is 17.1. The zero-order valence-electron chi connectivity index (χ0n) is 7.84. The minimum atomic E-state index is -2.36. The van der Waals surface area contributed by atoms with E-state index in [4.69, 9.17) is 5.73 Å². The van der Waals surface area contributed by atoms with Crippen LogP contribution in [0.25, 0.3) is 0 Å². The van der Waals surface area contributed by atoms with E-state index in [1.807, 2.05) is 0 Å². The van der Waals surface area contributed by atoms with E-state index in [-0.39, 0.29) is 5.56 Å². The average Bonchev–Trinajstić information content (AvgIpc) is 2.26. The summed E-state index contributed by atoms with van der Waals surface area (Å²) in [5.74, 6) is -0.689. The van der Waals surface area contributed by atoms with Gasteiger partial charge in [-0.1, -0.05) is 12.1 Å². The maximum atomic E-state index is 13.3. The van der Waals surface area contributed by atoms with Crippen LogP contribution in [-0.2, 0) is 0 Å². The fourth-order valence-corrected chi connectivity index (χ4v) is 1.18. The van der Waals surface area contributed by atoms with E-state index in [2.05, 4.69) is 0 Å². The molecule has 0 aliphatic rings. The summed E-state index contributed by atoms with van der Waals surface area (Å²) in [5, 5.41) is 0. The molecule has 1 rings (SSSR count). The van der Waals surface area contributed by atoms with Crippen molar-refractivity contribution in [1.82, 2.24) is 0 Å². The van der Waals surface area contributed by atoms with Gasteiger partial charge in [-0.2, -0.15) is 0 Å². The summed E-state index contributed by atoms with van der Waals surface area (Å²) in [6.07, 6.45) is -6.64. The van der Waals surface area contributed by atoms with Crippen molar-refractivity contribution >= 4 is 0 Å². The van der Waals surface area contributed by atoms with Crippen LogP contribution in [0, 0.1) is 5.82 Å². The van der Waals surface area contributed by atoms with Crippen molar-refractivity contribution in [3.8, 4) is 0 Å². The topological polar surface area (TPSA) is 26.0 Å². The quantitative estimate of drug-likeness (QED) is 0.776. The van der Waals surface area contributed by atoms with E-state index in [0.717, 1.165) is 12.1 Å². The van der Waals surface area contributed by atoms with Gasteiger partial charge in [0, 0.05) is 6.54 Å². The smallest absolute Gasteiger partial charge is 0.168 e. The van der Waals surface area contributed by atoms with Gasteiger partial charge in [-0.15, -0.1) is 0 Å². The summed E-state index contributed by atoms with van der Waals surface area (Å²) in [6, 6.07) is 4.36. The van der Waals surface area contributed by atoms with Gasteiger partial charge in [0.1, 0.15) is 12.0 Å². The van der Waals surface area contributed by atoms with Gasteiger partial charge < -0.3 is 5.73 Å². The van der Waals surface area contributed by atoms with Crippen molar-refractivity contribution in [3.63, 3.8) is 0 Å². The summed E-state index contributed by atoms with van der Waals surface area (Å²) in [5.41, 5.74) is 4.64. The Bertz CT molecular complexity index is 318. The fraction of sp³-hybridized carbons (Fsp3) is 0.400. The Balaban J connectivity index is 2.80. The number of rotatable bonds is 4. The Morgan fingerprint density at radius 2 is 1.87 bits per heavy atom. The minimum Gasteiger partial charge on any atom is -0.328 e. The first-order chi connectivity index (χ1) is 7.06. The third-order valence-corrected chi connectivity index (χ3v) is 2.02. The molecule has 0 aromatic heterocycles. The lowest BCUT2D eigenvalue weighted by molar-refractivity contribution is 0.0861. The molecule has 2 N–H and O–H groups in total. The first-order valence-electron chi connectivity index (χ1n) is 4.44. The Morgan fingerprint density at radius 3 is 2.40 bits per heavy atom. The zero-order valence-corrected chi connectivity index (χ0v) is 7.84. The number of halogens is 4. The van der Waals surface area contributed by atoms with Crippen LogP contribution in [0.4, 0.5) is 17.6 Å². The van der Waals surface area contributed by atoms with Gasteiger partial charge in [0.25, 0.3) is 0 Å². The molecule has 0 heterocycles. The molecule has 3 unspecified atom stereocenters. The monoisotopic (exact) mass is 221 g/mol. The lowest BCUT2D eigenvalue weighted by Gasteiger charge is -2.16. The van der Waals surface area contributed by atoms with E-state index in [1.54, 1.807) is 0 Å². The summed E-state index contributed by atoms with van der Waals surface area (Å²) in [7, 11) is 0. The van der Waals surface area contributed by atoms with Gasteiger partial charge in [0.2, 0.25) is 0 Å². The molecule has 0 fully saturated rings. The summed E-state index contributed by atoms with van der Waals surface area (Å²) in [4.78, 5) is 0. The first kappa shape index (κ1) is 12.0. The lowest BCUT2D eigenvalue weighted by Crippen LogP contribution is -2.29. The lowest BCUT2D eigenvalue weighted by atomic mass is 10.0. The minimum absolute atomic E-state index is 0.224. The van der Waals surface area contributed by atoms with Crippen molar-refractivity contribution in [2.24, 2.45) is 5.73 Å². The standard InChI is InChI=1S/C10H11F4N/c11-7-3-1-2-6(4-7)9(13)10(14)8(12)5-15/h1-4,8-10H,5,15H2. The number of alkyl halides is 3. The zero-order chi connectivity index (χ0) is 11.4. The molecule has 0 aliphatic carbocycles. The molecule has 1 aromatic rings. The van der Waals surface area contributed by atoms with Gasteiger partial charge in [-0.05, 0) is 17.7 Å². The second-order valence-electron chi connectivity index (χ2n) is 3.15. The van der Waals surface area contributed by atoms with Crippen LogP contribution in [-0.4, -0.2) is 18.9 Å². The van der Waals surface area contributed by atoms with Crippen LogP contribution in [0.15, 0.2) is 24.3 Å². The molecule has 3 atom stereocenters. The summed E-state index contributed by atoms with van der Waals surface area (Å²) >= 11 is 0. The number of hydrogen-bond donors (Lipinski definition) is 1. The molecule has 0 aliphatic heterocycles. The van der Waals surface area contributed by atoms with Crippen LogP contribution in [0.3, 0.4) is 0 Å². The predicted molar refractivity (Wildman–Crippen MR) is 49.1 cm³/mol.